The van der Waals surface area contributed by atoms with Crippen LogP contribution >= 0.6 is 11.3 Å². The second-order valence-corrected chi connectivity index (χ2v) is 8.14. The number of nitrogens with one attached hydrogen (secondary N) is 2. The predicted molar refractivity (Wildman–Crippen MR) is 114 cm³/mol. The molecule has 2 fully saturated rings. The van der Waals surface area contributed by atoms with Crippen molar-refractivity contribution < 1.29 is 9.53 Å². The van der Waals surface area contributed by atoms with Gasteiger partial charge in [0.15, 0.2) is 5.96 Å². The van der Waals surface area contributed by atoms with Crippen LogP contribution in [0.1, 0.15) is 37.1 Å². The number of likely N-dealkylation sites (tertiary alicyclic amines) is 1. The minimum atomic E-state index is 0.293. The van der Waals surface area contributed by atoms with E-state index in [1.54, 1.807) is 11.3 Å². The summed E-state index contributed by atoms with van der Waals surface area (Å²) in [5, 5.41) is 8.90. The molecule has 8 heteroatoms. The summed E-state index contributed by atoms with van der Waals surface area (Å²) >= 11 is 1.80. The lowest BCUT2D eigenvalue weighted by molar-refractivity contribution is -0.127. The molecule has 2 N–H and O–H groups in total. The van der Waals surface area contributed by atoms with E-state index in [0.717, 1.165) is 77.8 Å². The van der Waals surface area contributed by atoms with E-state index in [9.17, 15) is 4.79 Å². The van der Waals surface area contributed by atoms with Gasteiger partial charge in [-0.1, -0.05) is 6.07 Å². The molecular formula is C20H33N5O2S. The zero-order valence-electron chi connectivity index (χ0n) is 16.9. The van der Waals surface area contributed by atoms with Crippen molar-refractivity contribution in [1.82, 2.24) is 20.4 Å². The highest BCUT2D eigenvalue weighted by molar-refractivity contribution is 7.10. The third kappa shape index (κ3) is 6.18. The smallest absolute Gasteiger partial charge is 0.222 e. The fourth-order valence-electron chi connectivity index (χ4n) is 3.69. The Balaban J connectivity index is 1.52. The van der Waals surface area contributed by atoms with Crippen LogP contribution in [0.5, 0.6) is 0 Å². The Morgan fingerprint density at radius 1 is 1.32 bits per heavy atom. The van der Waals surface area contributed by atoms with Crippen LogP contribution in [-0.4, -0.2) is 80.7 Å². The summed E-state index contributed by atoms with van der Waals surface area (Å²) in [5.74, 6) is 1.15. The molecule has 0 saturated carbocycles. The van der Waals surface area contributed by atoms with Crippen LogP contribution in [0.25, 0.3) is 0 Å². The molecule has 0 radical (unpaired) electrons. The molecule has 1 amide bonds. The second kappa shape index (κ2) is 11.4. The Labute approximate surface area is 172 Å². The van der Waals surface area contributed by atoms with Gasteiger partial charge in [-0.25, -0.2) is 0 Å². The number of hydrogen-bond donors (Lipinski definition) is 2. The minimum absolute atomic E-state index is 0.293. The molecule has 0 aliphatic carbocycles. The number of carbonyl (C=O) groups excluding carboxylic acids is 1. The van der Waals surface area contributed by atoms with Crippen LogP contribution in [0.2, 0.25) is 0 Å². The number of aliphatic imine (C=N–C) groups is 1. The molecule has 1 aromatic rings. The molecule has 2 saturated heterocycles. The molecule has 0 aromatic carbocycles. The van der Waals surface area contributed by atoms with Crippen LogP contribution in [0.15, 0.2) is 22.5 Å². The monoisotopic (exact) mass is 407 g/mol. The topological polar surface area (TPSA) is 69.2 Å². The number of nitrogens with zero attached hydrogens (tertiary/aromatic N) is 3. The number of morpholine rings is 1. The van der Waals surface area contributed by atoms with Crippen LogP contribution < -0.4 is 10.6 Å². The molecule has 2 aliphatic rings. The van der Waals surface area contributed by atoms with E-state index in [1.807, 2.05) is 4.90 Å². The minimum Gasteiger partial charge on any atom is -0.379 e. The van der Waals surface area contributed by atoms with Gasteiger partial charge < -0.3 is 20.3 Å². The third-order valence-electron chi connectivity index (χ3n) is 5.19. The molecule has 3 heterocycles. The largest absolute Gasteiger partial charge is 0.379 e. The molecule has 0 spiro atoms. The number of carbonyl (C=O) groups is 1. The van der Waals surface area contributed by atoms with E-state index in [2.05, 4.69) is 40.0 Å². The molecular weight excluding hydrogens is 374 g/mol. The number of guanidine groups is 1. The average Bonchev–Trinajstić information content (AvgIpc) is 3.38. The normalized spacial score (nSPS) is 19.8. The Kier molecular flexibility index (Phi) is 8.57. The molecule has 3 rings (SSSR count). The summed E-state index contributed by atoms with van der Waals surface area (Å²) in [5.41, 5.74) is 0. The summed E-state index contributed by atoms with van der Waals surface area (Å²) < 4.78 is 5.52. The van der Waals surface area contributed by atoms with E-state index in [4.69, 9.17) is 9.73 Å². The van der Waals surface area contributed by atoms with Gasteiger partial charge in [0.2, 0.25) is 5.91 Å². The highest BCUT2D eigenvalue weighted by Crippen LogP contribution is 2.26. The van der Waals surface area contributed by atoms with Crippen molar-refractivity contribution in [3.8, 4) is 0 Å². The van der Waals surface area contributed by atoms with Crippen LogP contribution in [0, 0.1) is 0 Å². The van der Waals surface area contributed by atoms with Gasteiger partial charge in [-0.05, 0) is 31.2 Å². The first-order valence-electron chi connectivity index (χ1n) is 10.4. The number of hydrogen-bond acceptors (Lipinski definition) is 5. The van der Waals surface area contributed by atoms with Gasteiger partial charge in [-0.15, -0.1) is 11.3 Å². The first-order chi connectivity index (χ1) is 13.8. The first kappa shape index (κ1) is 21.1. The zero-order valence-corrected chi connectivity index (χ0v) is 17.7. The highest BCUT2D eigenvalue weighted by Gasteiger charge is 2.23. The fraction of sp³-hybridized carbons (Fsp3) is 0.700. The predicted octanol–water partition coefficient (Wildman–Crippen LogP) is 1.69. The number of rotatable bonds is 9. The van der Waals surface area contributed by atoms with Gasteiger partial charge >= 0.3 is 0 Å². The van der Waals surface area contributed by atoms with Gasteiger partial charge in [-0.3, -0.25) is 14.7 Å². The van der Waals surface area contributed by atoms with Gasteiger partial charge in [0.05, 0.1) is 25.8 Å². The number of ether oxygens (including phenoxy) is 1. The van der Waals surface area contributed by atoms with Gasteiger partial charge in [-0.2, -0.15) is 0 Å². The molecule has 2 aliphatic heterocycles. The van der Waals surface area contributed by atoms with Crippen molar-refractivity contribution in [3.63, 3.8) is 0 Å². The SMILES string of the molecule is CCNC(=NCC(c1cccs1)N1CCOCC1)NCCCN1CCCC1=O. The van der Waals surface area contributed by atoms with Gasteiger partial charge in [0, 0.05) is 50.6 Å². The Hall–Kier alpha value is -1.64. The zero-order chi connectivity index (χ0) is 19.6. The van der Waals surface area contributed by atoms with Crippen LogP contribution in [0.3, 0.4) is 0 Å². The molecule has 156 valence electrons. The van der Waals surface area contributed by atoms with E-state index >= 15 is 0 Å². The average molecular weight is 408 g/mol. The standard InChI is InChI=1S/C20H33N5O2S/c1-2-21-20(22-8-5-10-25-9-3-7-19(25)26)23-16-17(18-6-4-15-28-18)24-11-13-27-14-12-24/h4,6,15,17H,2-3,5,7-14,16H2,1H3,(H2,21,22,23). The highest BCUT2D eigenvalue weighted by atomic mass is 32.1. The lowest BCUT2D eigenvalue weighted by Crippen LogP contribution is -2.42. The Morgan fingerprint density at radius 2 is 2.18 bits per heavy atom. The summed E-state index contributed by atoms with van der Waals surface area (Å²) in [4.78, 5) is 22.4. The first-order valence-corrected chi connectivity index (χ1v) is 11.3. The van der Waals surface area contributed by atoms with E-state index in [-0.39, 0.29) is 0 Å². The van der Waals surface area contributed by atoms with E-state index in [0.29, 0.717) is 18.4 Å². The lowest BCUT2D eigenvalue weighted by atomic mass is 10.2. The summed E-state index contributed by atoms with van der Waals surface area (Å²) in [6.45, 7) is 9.68. The molecule has 1 unspecified atom stereocenters. The second-order valence-electron chi connectivity index (χ2n) is 7.16. The van der Waals surface area contributed by atoms with Gasteiger partial charge in [0.1, 0.15) is 0 Å². The Bertz CT molecular complexity index is 616. The van der Waals surface area contributed by atoms with Gasteiger partial charge in [0.25, 0.3) is 0 Å². The van der Waals surface area contributed by atoms with E-state index in [1.165, 1.54) is 4.88 Å². The van der Waals surface area contributed by atoms with E-state index < -0.39 is 0 Å². The van der Waals surface area contributed by atoms with Crippen LogP contribution in [0.4, 0.5) is 0 Å². The maximum absolute atomic E-state index is 11.7. The molecule has 7 nitrogen and oxygen atoms in total. The number of thiophene rings is 1. The quantitative estimate of drug-likeness (QED) is 0.370. The number of amides is 1. The maximum Gasteiger partial charge on any atom is 0.222 e. The molecule has 0 bridgehead atoms. The third-order valence-corrected chi connectivity index (χ3v) is 6.17. The summed E-state index contributed by atoms with van der Waals surface area (Å²) in [7, 11) is 0. The fourth-order valence-corrected chi connectivity index (χ4v) is 4.54. The summed E-state index contributed by atoms with van der Waals surface area (Å²) in [6.07, 6.45) is 2.65. The Morgan fingerprint density at radius 3 is 2.86 bits per heavy atom. The molecule has 1 atom stereocenters. The van der Waals surface area contributed by atoms with Crippen molar-refractivity contribution in [2.24, 2.45) is 4.99 Å². The van der Waals surface area contributed by atoms with Crippen molar-refractivity contribution in [3.05, 3.63) is 22.4 Å². The lowest BCUT2D eigenvalue weighted by Gasteiger charge is -2.33. The molecule has 1 aromatic heterocycles. The van der Waals surface area contributed by atoms with Crippen molar-refractivity contribution in [1.29, 1.82) is 0 Å². The van der Waals surface area contributed by atoms with Crippen molar-refractivity contribution in [2.75, 3.05) is 59.0 Å². The molecule has 28 heavy (non-hydrogen) atoms. The van der Waals surface area contributed by atoms with Crippen molar-refractivity contribution in [2.45, 2.75) is 32.2 Å². The van der Waals surface area contributed by atoms with Crippen LogP contribution in [-0.2, 0) is 9.53 Å². The summed E-state index contributed by atoms with van der Waals surface area (Å²) in [6, 6.07) is 4.61. The maximum atomic E-state index is 11.7. The van der Waals surface area contributed by atoms with Crippen molar-refractivity contribution >= 4 is 23.2 Å².